The fourth-order valence-corrected chi connectivity index (χ4v) is 2.66. The summed E-state index contributed by atoms with van der Waals surface area (Å²) in [5.74, 6) is 2.00. The van der Waals surface area contributed by atoms with E-state index in [0.29, 0.717) is 19.0 Å². The van der Waals surface area contributed by atoms with Crippen LogP contribution in [0.4, 0.5) is 0 Å². The van der Waals surface area contributed by atoms with Gasteiger partial charge in [0.15, 0.2) is 5.82 Å². The number of rotatable bonds is 4. The Labute approximate surface area is 112 Å². The number of aliphatic hydroxyl groups excluding tert-OH is 1. The molecule has 19 heavy (non-hydrogen) atoms. The first-order valence-electron chi connectivity index (χ1n) is 6.89. The van der Waals surface area contributed by atoms with E-state index in [9.17, 15) is 5.11 Å². The van der Waals surface area contributed by atoms with Crippen molar-refractivity contribution in [3.05, 3.63) is 11.7 Å². The van der Waals surface area contributed by atoms with Crippen LogP contribution in [0.1, 0.15) is 44.3 Å². The summed E-state index contributed by atoms with van der Waals surface area (Å²) in [7, 11) is 0. The molecule has 1 aliphatic heterocycles. The molecule has 3 rings (SSSR count). The van der Waals surface area contributed by atoms with Crippen molar-refractivity contribution in [2.24, 2.45) is 0 Å². The van der Waals surface area contributed by atoms with Crippen molar-refractivity contribution in [1.82, 2.24) is 15.0 Å². The third kappa shape index (κ3) is 3.13. The van der Waals surface area contributed by atoms with Crippen molar-refractivity contribution < 1.29 is 14.4 Å². The highest BCUT2D eigenvalue weighted by Crippen LogP contribution is 2.38. The minimum Gasteiger partial charge on any atom is -0.394 e. The van der Waals surface area contributed by atoms with E-state index >= 15 is 0 Å². The minimum atomic E-state index is -0.255. The van der Waals surface area contributed by atoms with E-state index in [1.165, 1.54) is 12.8 Å². The Hall–Kier alpha value is -0.980. The second kappa shape index (κ2) is 4.85. The SMILES string of the molecule is CC1(C)CN(Cc2noc(C3CC3)n2)CC(CO)O1. The van der Waals surface area contributed by atoms with Crippen molar-refractivity contribution in [3.8, 4) is 0 Å². The van der Waals surface area contributed by atoms with Crippen molar-refractivity contribution in [2.45, 2.75) is 50.9 Å². The third-order valence-corrected chi connectivity index (χ3v) is 3.53. The van der Waals surface area contributed by atoms with Gasteiger partial charge in [0, 0.05) is 19.0 Å². The molecule has 0 amide bonds. The Balaban J connectivity index is 1.63. The Bertz CT molecular complexity index is 442. The van der Waals surface area contributed by atoms with E-state index in [1.807, 2.05) is 13.8 Å². The molecule has 1 unspecified atom stereocenters. The molecule has 2 fully saturated rings. The molecule has 2 heterocycles. The predicted molar refractivity (Wildman–Crippen MR) is 67.6 cm³/mol. The number of morpholine rings is 1. The highest BCUT2D eigenvalue weighted by atomic mass is 16.5. The van der Waals surface area contributed by atoms with Crippen molar-refractivity contribution in [1.29, 1.82) is 0 Å². The Morgan fingerprint density at radius 3 is 2.89 bits per heavy atom. The lowest BCUT2D eigenvalue weighted by molar-refractivity contribution is -0.151. The summed E-state index contributed by atoms with van der Waals surface area (Å²) in [5.41, 5.74) is -0.255. The molecule has 0 bridgehead atoms. The monoisotopic (exact) mass is 267 g/mol. The molecule has 6 nitrogen and oxygen atoms in total. The summed E-state index contributed by atoms with van der Waals surface area (Å²) >= 11 is 0. The van der Waals surface area contributed by atoms with Gasteiger partial charge < -0.3 is 14.4 Å². The standard InChI is InChI=1S/C13H21N3O3/c1-13(2)8-16(5-10(7-17)18-13)6-11-14-12(19-15-11)9-3-4-9/h9-10,17H,3-8H2,1-2H3. The molecule has 0 spiro atoms. The van der Waals surface area contributed by atoms with E-state index < -0.39 is 0 Å². The van der Waals surface area contributed by atoms with E-state index in [4.69, 9.17) is 9.26 Å². The van der Waals surface area contributed by atoms with Gasteiger partial charge in [0.2, 0.25) is 5.89 Å². The first-order valence-corrected chi connectivity index (χ1v) is 6.89. The normalized spacial score (nSPS) is 27.6. The zero-order chi connectivity index (χ0) is 13.5. The Kier molecular flexibility index (Phi) is 3.32. The highest BCUT2D eigenvalue weighted by Gasteiger charge is 2.34. The molecule has 1 atom stereocenters. The van der Waals surface area contributed by atoms with Crippen LogP contribution in [0.2, 0.25) is 0 Å². The highest BCUT2D eigenvalue weighted by molar-refractivity contribution is 5.02. The molecular formula is C13H21N3O3. The van der Waals surface area contributed by atoms with Gasteiger partial charge in [-0.15, -0.1) is 0 Å². The van der Waals surface area contributed by atoms with E-state index in [0.717, 1.165) is 18.3 Å². The smallest absolute Gasteiger partial charge is 0.229 e. The first-order chi connectivity index (χ1) is 9.05. The lowest BCUT2D eigenvalue weighted by Crippen LogP contribution is -2.53. The number of hydrogen-bond donors (Lipinski definition) is 1. The van der Waals surface area contributed by atoms with Gasteiger partial charge in [-0.3, -0.25) is 4.90 Å². The molecule has 2 aliphatic rings. The first kappa shape index (κ1) is 13.0. The van der Waals surface area contributed by atoms with Gasteiger partial charge in [-0.25, -0.2) is 0 Å². The fraction of sp³-hybridized carbons (Fsp3) is 0.846. The van der Waals surface area contributed by atoms with Gasteiger partial charge in [0.05, 0.1) is 24.9 Å². The largest absolute Gasteiger partial charge is 0.394 e. The fourth-order valence-electron chi connectivity index (χ4n) is 2.66. The quantitative estimate of drug-likeness (QED) is 0.874. The summed E-state index contributed by atoms with van der Waals surface area (Å²) in [5, 5.41) is 13.3. The molecule has 1 saturated heterocycles. The van der Waals surface area contributed by atoms with Crippen LogP contribution in [0.25, 0.3) is 0 Å². The molecule has 1 aromatic rings. The van der Waals surface area contributed by atoms with Gasteiger partial charge in [0.1, 0.15) is 0 Å². The number of ether oxygens (including phenoxy) is 1. The van der Waals surface area contributed by atoms with Crippen molar-refractivity contribution in [3.63, 3.8) is 0 Å². The lowest BCUT2D eigenvalue weighted by Gasteiger charge is -2.41. The van der Waals surface area contributed by atoms with Crippen molar-refractivity contribution >= 4 is 0 Å². The van der Waals surface area contributed by atoms with Crippen LogP contribution in [-0.2, 0) is 11.3 Å². The molecule has 106 valence electrons. The molecule has 0 radical (unpaired) electrons. The maximum atomic E-state index is 9.29. The summed E-state index contributed by atoms with van der Waals surface area (Å²) < 4.78 is 11.1. The summed E-state index contributed by atoms with van der Waals surface area (Å²) in [4.78, 5) is 6.66. The molecule has 1 saturated carbocycles. The number of hydrogen-bond acceptors (Lipinski definition) is 6. The molecule has 1 aromatic heterocycles. The van der Waals surface area contributed by atoms with E-state index in [-0.39, 0.29) is 18.3 Å². The molecule has 1 aliphatic carbocycles. The predicted octanol–water partition coefficient (Wildman–Crippen LogP) is 0.919. The lowest BCUT2D eigenvalue weighted by atomic mass is 10.1. The molecule has 6 heteroatoms. The average Bonchev–Trinajstić information content (AvgIpc) is 3.09. The van der Waals surface area contributed by atoms with Crippen LogP contribution >= 0.6 is 0 Å². The van der Waals surface area contributed by atoms with Crippen LogP contribution < -0.4 is 0 Å². The van der Waals surface area contributed by atoms with Crippen LogP contribution in [-0.4, -0.2) is 51.5 Å². The topological polar surface area (TPSA) is 71.6 Å². The van der Waals surface area contributed by atoms with Gasteiger partial charge in [0.25, 0.3) is 0 Å². The summed E-state index contributed by atoms with van der Waals surface area (Å²) in [6.45, 7) is 6.27. The molecular weight excluding hydrogens is 246 g/mol. The maximum Gasteiger partial charge on any atom is 0.229 e. The number of nitrogens with zero attached hydrogens (tertiary/aromatic N) is 3. The summed E-state index contributed by atoms with van der Waals surface area (Å²) in [6.07, 6.45) is 2.19. The van der Waals surface area contributed by atoms with Crippen LogP contribution in [0.15, 0.2) is 4.52 Å². The Morgan fingerprint density at radius 2 is 2.21 bits per heavy atom. The zero-order valence-corrected chi connectivity index (χ0v) is 11.5. The second-order valence-electron chi connectivity index (χ2n) is 6.17. The average molecular weight is 267 g/mol. The van der Waals surface area contributed by atoms with Crippen molar-refractivity contribution in [2.75, 3.05) is 19.7 Å². The van der Waals surface area contributed by atoms with Crippen LogP contribution in [0, 0.1) is 0 Å². The van der Waals surface area contributed by atoms with E-state index in [2.05, 4.69) is 15.0 Å². The summed E-state index contributed by atoms with van der Waals surface area (Å²) in [6, 6.07) is 0. The van der Waals surface area contributed by atoms with Gasteiger partial charge in [-0.2, -0.15) is 4.98 Å². The zero-order valence-electron chi connectivity index (χ0n) is 11.5. The van der Waals surface area contributed by atoms with Crippen LogP contribution in [0.5, 0.6) is 0 Å². The number of aliphatic hydroxyl groups is 1. The van der Waals surface area contributed by atoms with Crippen LogP contribution in [0.3, 0.4) is 0 Å². The Morgan fingerprint density at radius 1 is 1.42 bits per heavy atom. The second-order valence-corrected chi connectivity index (χ2v) is 6.17. The molecule has 1 N–H and O–H groups in total. The molecule has 0 aromatic carbocycles. The third-order valence-electron chi connectivity index (χ3n) is 3.53. The van der Waals surface area contributed by atoms with Gasteiger partial charge in [-0.1, -0.05) is 5.16 Å². The number of aromatic nitrogens is 2. The van der Waals surface area contributed by atoms with Gasteiger partial charge >= 0.3 is 0 Å². The van der Waals surface area contributed by atoms with Gasteiger partial charge in [-0.05, 0) is 26.7 Å². The van der Waals surface area contributed by atoms with E-state index in [1.54, 1.807) is 0 Å². The maximum absolute atomic E-state index is 9.29. The minimum absolute atomic E-state index is 0.0412.